The van der Waals surface area contributed by atoms with E-state index >= 15 is 0 Å². The monoisotopic (exact) mass is 337 g/mol. The summed E-state index contributed by atoms with van der Waals surface area (Å²) in [7, 11) is 0. The normalized spacial score (nSPS) is 11.2. The third-order valence-electron chi connectivity index (χ3n) is 5.27. The van der Waals surface area contributed by atoms with Crippen LogP contribution < -0.4 is 0 Å². The Morgan fingerprint density at radius 1 is 0.333 bits per heavy atom. The Balaban J connectivity index is 2.93. The van der Waals surface area contributed by atoms with Crippen molar-refractivity contribution < 1.29 is 0 Å². The van der Waals surface area contributed by atoms with Crippen molar-refractivity contribution in [2.75, 3.05) is 0 Å². The molecule has 0 aliphatic heterocycles. The number of hydrogen-bond acceptors (Lipinski definition) is 0. The molecule has 0 aromatic rings. The van der Waals surface area contributed by atoms with Crippen LogP contribution in [-0.2, 0) is 0 Å². The fraction of sp³-hybridized carbons (Fsp3) is 0.958. The van der Waals surface area contributed by atoms with Crippen LogP contribution in [0.25, 0.3) is 0 Å². The molecule has 0 N–H and O–H groups in total. The predicted octanol–water partition coefficient (Wildman–Crippen LogP) is 9.42. The fourth-order valence-electron chi connectivity index (χ4n) is 3.52. The van der Waals surface area contributed by atoms with E-state index in [9.17, 15) is 0 Å². The van der Waals surface area contributed by atoms with E-state index in [0.717, 1.165) is 0 Å². The molecule has 0 nitrogen and oxygen atoms in total. The van der Waals surface area contributed by atoms with Gasteiger partial charge in [0.1, 0.15) is 0 Å². The van der Waals surface area contributed by atoms with Gasteiger partial charge in [-0.1, -0.05) is 149 Å². The lowest BCUT2D eigenvalue weighted by molar-refractivity contribution is 0.544. The second-order valence-electron chi connectivity index (χ2n) is 7.88. The zero-order valence-electron chi connectivity index (χ0n) is 17.4. The molecule has 0 amide bonds. The quantitative estimate of drug-likeness (QED) is 0.183. The van der Waals surface area contributed by atoms with Crippen LogP contribution in [-0.4, -0.2) is 0 Å². The minimum absolute atomic E-state index is 1.37. The van der Waals surface area contributed by atoms with Gasteiger partial charge >= 0.3 is 0 Å². The van der Waals surface area contributed by atoms with Gasteiger partial charge in [-0.2, -0.15) is 0 Å². The summed E-state index contributed by atoms with van der Waals surface area (Å²) in [4.78, 5) is 0. The van der Waals surface area contributed by atoms with Crippen molar-refractivity contribution in [1.82, 2.24) is 0 Å². The van der Waals surface area contributed by atoms with Gasteiger partial charge in [0.05, 0.1) is 0 Å². The molecule has 0 aliphatic carbocycles. The van der Waals surface area contributed by atoms with Crippen LogP contribution >= 0.6 is 0 Å². The first-order valence-corrected chi connectivity index (χ1v) is 11.7. The Labute approximate surface area is 155 Å². The lowest BCUT2D eigenvalue weighted by Crippen LogP contribution is -1.84. The van der Waals surface area contributed by atoms with Gasteiger partial charge in [0.15, 0.2) is 0 Å². The molecule has 0 fully saturated rings. The van der Waals surface area contributed by atoms with Gasteiger partial charge in [-0.15, -0.1) is 0 Å². The third kappa shape index (κ3) is 22.0. The lowest BCUT2D eigenvalue weighted by atomic mass is 10.0. The molecular weight excluding hydrogens is 288 g/mol. The summed E-state index contributed by atoms with van der Waals surface area (Å²) < 4.78 is 0. The van der Waals surface area contributed by atoms with E-state index in [1.54, 1.807) is 0 Å². The molecule has 0 saturated carbocycles. The van der Waals surface area contributed by atoms with Crippen molar-refractivity contribution in [3.8, 4) is 0 Å². The molecule has 0 unspecified atom stereocenters. The van der Waals surface area contributed by atoms with Crippen molar-refractivity contribution in [2.24, 2.45) is 0 Å². The molecule has 0 spiro atoms. The maximum atomic E-state index is 2.56. The predicted molar refractivity (Wildman–Crippen MR) is 113 cm³/mol. The molecule has 0 aromatic heterocycles. The molecule has 24 heavy (non-hydrogen) atoms. The van der Waals surface area contributed by atoms with Crippen molar-refractivity contribution in [2.45, 2.75) is 149 Å². The summed E-state index contributed by atoms with van der Waals surface area (Å²) in [6, 6.07) is 0. The van der Waals surface area contributed by atoms with Crippen LogP contribution in [0.4, 0.5) is 0 Å². The van der Waals surface area contributed by atoms with Gasteiger partial charge in [0, 0.05) is 0 Å². The highest BCUT2D eigenvalue weighted by molar-refractivity contribution is 4.64. The topological polar surface area (TPSA) is 0 Å². The second kappa shape index (κ2) is 23.0. The van der Waals surface area contributed by atoms with E-state index in [2.05, 4.69) is 20.3 Å². The van der Waals surface area contributed by atoms with E-state index < -0.39 is 0 Å². The van der Waals surface area contributed by atoms with Crippen molar-refractivity contribution in [3.63, 3.8) is 0 Å². The Morgan fingerprint density at radius 3 is 0.875 bits per heavy atom. The molecule has 0 saturated heterocycles. The van der Waals surface area contributed by atoms with E-state index in [1.165, 1.54) is 135 Å². The summed E-state index contributed by atoms with van der Waals surface area (Å²) in [6.45, 7) is 4.60. The Bertz CT molecular complexity index is 174. The third-order valence-corrected chi connectivity index (χ3v) is 5.27. The fourth-order valence-corrected chi connectivity index (χ4v) is 3.52. The van der Waals surface area contributed by atoms with E-state index in [-0.39, 0.29) is 0 Å². The second-order valence-corrected chi connectivity index (χ2v) is 7.88. The summed E-state index contributed by atoms with van der Waals surface area (Å²) in [6.07, 6.45) is 32.9. The van der Waals surface area contributed by atoms with Gasteiger partial charge in [0.25, 0.3) is 0 Å². The van der Waals surface area contributed by atoms with Crippen LogP contribution in [0, 0.1) is 6.42 Å². The first-order chi connectivity index (χ1) is 11.9. The number of unbranched alkanes of at least 4 members (excludes halogenated alkanes) is 21. The highest BCUT2D eigenvalue weighted by Crippen LogP contribution is 2.14. The van der Waals surface area contributed by atoms with Gasteiger partial charge in [-0.25, -0.2) is 0 Å². The van der Waals surface area contributed by atoms with Gasteiger partial charge in [0.2, 0.25) is 0 Å². The van der Waals surface area contributed by atoms with Crippen LogP contribution in [0.1, 0.15) is 149 Å². The molecule has 0 rings (SSSR count). The smallest absolute Gasteiger partial charge is 0.0386 e. The summed E-state index contributed by atoms with van der Waals surface area (Å²) >= 11 is 0. The van der Waals surface area contributed by atoms with Crippen LogP contribution in [0.3, 0.4) is 0 Å². The van der Waals surface area contributed by atoms with E-state index in [1.807, 2.05) is 0 Å². The van der Waals surface area contributed by atoms with Crippen molar-refractivity contribution in [1.29, 1.82) is 0 Å². The maximum absolute atomic E-state index is 2.56. The highest BCUT2D eigenvalue weighted by atomic mass is 14.0. The molecule has 0 aliphatic rings. The number of rotatable bonds is 21. The van der Waals surface area contributed by atoms with Crippen LogP contribution in [0.15, 0.2) is 0 Å². The summed E-state index contributed by atoms with van der Waals surface area (Å²) in [5, 5.41) is 0. The average molecular weight is 338 g/mol. The minimum atomic E-state index is 1.37. The molecule has 0 atom stereocenters. The average Bonchev–Trinajstić information content (AvgIpc) is 2.60. The minimum Gasteiger partial charge on any atom is -0.0654 e. The van der Waals surface area contributed by atoms with E-state index in [0.29, 0.717) is 0 Å². The molecular formula is C24H49. The SMILES string of the molecule is CCCCCCCCCC[CH]CCCCCCCCCCCCC. The van der Waals surface area contributed by atoms with Gasteiger partial charge < -0.3 is 0 Å². The first kappa shape index (κ1) is 24.0. The molecule has 145 valence electrons. The summed E-state index contributed by atoms with van der Waals surface area (Å²) in [5.74, 6) is 0. The van der Waals surface area contributed by atoms with Crippen LogP contribution in [0.2, 0.25) is 0 Å². The highest BCUT2D eigenvalue weighted by Gasteiger charge is 1.95. The van der Waals surface area contributed by atoms with E-state index in [4.69, 9.17) is 0 Å². The zero-order chi connectivity index (χ0) is 17.6. The number of hydrogen-bond donors (Lipinski definition) is 0. The van der Waals surface area contributed by atoms with Crippen molar-refractivity contribution >= 4 is 0 Å². The Hall–Kier alpha value is 0. The van der Waals surface area contributed by atoms with Crippen molar-refractivity contribution in [3.05, 3.63) is 6.42 Å². The zero-order valence-corrected chi connectivity index (χ0v) is 17.4. The lowest BCUT2D eigenvalue weighted by Gasteiger charge is -2.04. The van der Waals surface area contributed by atoms with Gasteiger partial charge in [-0.3, -0.25) is 0 Å². The molecule has 1 radical (unpaired) electrons. The molecule has 0 aromatic carbocycles. The standard InChI is InChI=1S/C24H49/c1-3-5-7-9-11-13-15-17-19-21-23-24-22-20-18-16-14-12-10-8-6-4-2/h21H,3-20,22-24H2,1-2H3. The Morgan fingerprint density at radius 2 is 0.583 bits per heavy atom. The largest absolute Gasteiger partial charge is 0.0654 e. The first-order valence-electron chi connectivity index (χ1n) is 11.7. The molecule has 0 heterocycles. The van der Waals surface area contributed by atoms with Gasteiger partial charge in [-0.05, 0) is 6.42 Å². The van der Waals surface area contributed by atoms with Crippen LogP contribution in [0.5, 0.6) is 0 Å². The summed E-state index contributed by atoms with van der Waals surface area (Å²) in [5.41, 5.74) is 0. The molecule has 0 heteroatoms. The molecule has 0 bridgehead atoms. The Kier molecular flexibility index (Phi) is 23.0. The maximum Gasteiger partial charge on any atom is -0.0386 e.